The van der Waals surface area contributed by atoms with Gasteiger partial charge in [0.05, 0.1) is 17.2 Å². The quantitative estimate of drug-likeness (QED) is 0.746. The first-order valence-corrected chi connectivity index (χ1v) is 9.24. The van der Waals surface area contributed by atoms with Crippen LogP contribution < -0.4 is 4.80 Å². The summed E-state index contributed by atoms with van der Waals surface area (Å²) in [6.45, 7) is 6.87. The molecular weight excluding hydrogens is 373 g/mol. The Morgan fingerprint density at radius 2 is 2.29 bits per heavy atom. The van der Waals surface area contributed by atoms with Gasteiger partial charge in [0.25, 0.3) is 0 Å². The summed E-state index contributed by atoms with van der Waals surface area (Å²) < 4.78 is 25.5. The summed E-state index contributed by atoms with van der Waals surface area (Å²) in [6.07, 6.45) is 0. The average molecular weight is 388 g/mol. The molecule has 0 fully saturated rings. The second-order valence-corrected chi connectivity index (χ2v) is 8.62. The molecule has 2 aromatic rings. The van der Waals surface area contributed by atoms with Gasteiger partial charge in [-0.2, -0.15) is 4.37 Å². The van der Waals surface area contributed by atoms with E-state index in [1.54, 1.807) is 18.7 Å². The van der Waals surface area contributed by atoms with E-state index >= 15 is 0 Å². The predicted molar refractivity (Wildman–Crippen MR) is 92.6 cm³/mol. The van der Waals surface area contributed by atoms with Crippen LogP contribution in [-0.2, 0) is 11.3 Å². The van der Waals surface area contributed by atoms with E-state index in [0.29, 0.717) is 4.80 Å². The molecule has 0 amide bonds. The van der Waals surface area contributed by atoms with Gasteiger partial charge in [-0.15, -0.1) is 0 Å². The highest BCUT2D eigenvalue weighted by molar-refractivity contribution is 8.00. The van der Waals surface area contributed by atoms with E-state index < -0.39 is 11.8 Å². The highest BCUT2D eigenvalue weighted by atomic mass is 35.5. The summed E-state index contributed by atoms with van der Waals surface area (Å²) >= 11 is 8.80. The summed E-state index contributed by atoms with van der Waals surface area (Å²) in [4.78, 5) is 16.8. The van der Waals surface area contributed by atoms with Crippen molar-refractivity contribution in [3.8, 4) is 0 Å². The molecule has 0 saturated heterocycles. The lowest BCUT2D eigenvalue weighted by Crippen LogP contribution is -2.21. The molecule has 0 unspecified atom stereocenters. The van der Waals surface area contributed by atoms with Crippen molar-refractivity contribution in [3.63, 3.8) is 0 Å². The van der Waals surface area contributed by atoms with E-state index in [9.17, 15) is 9.18 Å². The molecule has 0 bridgehead atoms. The molecule has 0 radical (unpaired) electrons. The standard InChI is InChI=1S/C15H15ClFN3O2S2/c1-4-22-12(21)8-5-11(10(17)6-9(8)16)18-13-20-7-15(2,3)23-14(20)19-24-13/h5-6H,4,7H2,1-3H3. The Bertz CT molecular complexity index is 876. The molecule has 9 heteroatoms. The molecule has 5 nitrogen and oxygen atoms in total. The van der Waals surface area contributed by atoms with Gasteiger partial charge in [0.15, 0.2) is 5.16 Å². The van der Waals surface area contributed by atoms with Crippen LogP contribution in [0, 0.1) is 5.82 Å². The molecule has 0 aliphatic carbocycles. The number of carbonyl (C=O) groups is 1. The maximum Gasteiger partial charge on any atom is 0.339 e. The molecule has 1 aromatic carbocycles. The summed E-state index contributed by atoms with van der Waals surface area (Å²) in [5.41, 5.74) is 0.135. The van der Waals surface area contributed by atoms with Crippen LogP contribution in [0.3, 0.4) is 0 Å². The summed E-state index contributed by atoms with van der Waals surface area (Å²) in [7, 11) is 0. The van der Waals surface area contributed by atoms with Crippen molar-refractivity contribution in [2.45, 2.75) is 37.2 Å². The average Bonchev–Trinajstić information content (AvgIpc) is 2.98. The zero-order chi connectivity index (χ0) is 17.5. The van der Waals surface area contributed by atoms with E-state index in [2.05, 4.69) is 23.2 Å². The third-order valence-corrected chi connectivity index (χ3v) is 5.67. The summed E-state index contributed by atoms with van der Waals surface area (Å²) in [5, 5.41) is 0.868. The van der Waals surface area contributed by atoms with Gasteiger partial charge in [-0.25, -0.2) is 14.2 Å². The fourth-order valence-electron chi connectivity index (χ4n) is 2.30. The van der Waals surface area contributed by atoms with Gasteiger partial charge in [0, 0.05) is 22.8 Å². The lowest BCUT2D eigenvalue weighted by molar-refractivity contribution is 0.0526. The zero-order valence-corrected chi connectivity index (χ0v) is 15.7. The number of benzene rings is 1. The molecule has 3 rings (SSSR count). The highest BCUT2D eigenvalue weighted by Gasteiger charge is 2.31. The molecular formula is C15H15ClFN3O2S2. The van der Waals surface area contributed by atoms with Crippen LogP contribution in [-0.4, -0.2) is 26.3 Å². The number of hydrogen-bond donors (Lipinski definition) is 0. The zero-order valence-electron chi connectivity index (χ0n) is 13.3. The van der Waals surface area contributed by atoms with Crippen molar-refractivity contribution in [1.29, 1.82) is 0 Å². The number of esters is 1. The van der Waals surface area contributed by atoms with Gasteiger partial charge < -0.3 is 4.74 Å². The van der Waals surface area contributed by atoms with E-state index in [1.807, 2.05) is 4.57 Å². The van der Waals surface area contributed by atoms with Gasteiger partial charge in [-0.3, -0.25) is 4.57 Å². The largest absolute Gasteiger partial charge is 0.462 e. The summed E-state index contributed by atoms with van der Waals surface area (Å²) in [6, 6.07) is 2.40. The number of aromatic nitrogens is 2. The van der Waals surface area contributed by atoms with Crippen LogP contribution in [0.5, 0.6) is 0 Å². The molecule has 0 spiro atoms. The van der Waals surface area contributed by atoms with Crippen molar-refractivity contribution in [1.82, 2.24) is 8.94 Å². The number of fused-ring (bicyclic) bond motifs is 1. The first-order valence-electron chi connectivity index (χ1n) is 7.27. The van der Waals surface area contributed by atoms with Crippen molar-refractivity contribution in [3.05, 3.63) is 33.3 Å². The lowest BCUT2D eigenvalue weighted by Gasteiger charge is -2.12. The smallest absolute Gasteiger partial charge is 0.339 e. The van der Waals surface area contributed by atoms with Gasteiger partial charge in [0.1, 0.15) is 11.5 Å². The van der Waals surface area contributed by atoms with Crippen molar-refractivity contribution < 1.29 is 13.9 Å². The number of ether oxygens (including phenoxy) is 1. The monoisotopic (exact) mass is 387 g/mol. The molecule has 1 aliphatic rings. The topological polar surface area (TPSA) is 56.5 Å². The second kappa shape index (κ2) is 6.50. The molecule has 0 saturated carbocycles. The summed E-state index contributed by atoms with van der Waals surface area (Å²) in [5.74, 6) is -1.20. The fraction of sp³-hybridized carbons (Fsp3) is 0.400. The molecule has 2 heterocycles. The third kappa shape index (κ3) is 3.36. The number of nitrogens with zero attached hydrogens (tertiary/aromatic N) is 3. The Morgan fingerprint density at radius 1 is 1.54 bits per heavy atom. The second-order valence-electron chi connectivity index (χ2n) is 5.81. The van der Waals surface area contributed by atoms with Crippen LogP contribution in [0.15, 0.2) is 22.3 Å². The fourth-order valence-corrected chi connectivity index (χ4v) is 4.44. The number of halogens is 2. The minimum Gasteiger partial charge on any atom is -0.462 e. The lowest BCUT2D eigenvalue weighted by atomic mass is 10.2. The molecule has 128 valence electrons. The van der Waals surface area contributed by atoms with Crippen LogP contribution >= 0.6 is 34.9 Å². The minimum absolute atomic E-state index is 0.00350. The number of thioether (sulfide) groups is 1. The Hall–Kier alpha value is -1.38. The van der Waals surface area contributed by atoms with Gasteiger partial charge >= 0.3 is 5.97 Å². The Balaban J connectivity index is 2.06. The van der Waals surface area contributed by atoms with Crippen LogP contribution in [0.25, 0.3) is 0 Å². The van der Waals surface area contributed by atoms with Gasteiger partial charge in [0.2, 0.25) is 4.80 Å². The maximum atomic E-state index is 14.2. The van der Waals surface area contributed by atoms with Gasteiger partial charge in [-0.05, 0) is 32.9 Å². The molecule has 0 atom stereocenters. The Labute approximate surface area is 151 Å². The van der Waals surface area contributed by atoms with Crippen molar-refractivity contribution in [2.24, 2.45) is 4.99 Å². The van der Waals surface area contributed by atoms with Crippen molar-refractivity contribution >= 4 is 46.6 Å². The first kappa shape index (κ1) is 17.4. The van der Waals surface area contributed by atoms with Crippen LogP contribution in [0.1, 0.15) is 31.1 Å². The number of hydrogen-bond acceptors (Lipinski definition) is 6. The Morgan fingerprint density at radius 3 is 3.00 bits per heavy atom. The molecule has 1 aromatic heterocycles. The van der Waals surface area contributed by atoms with Gasteiger partial charge in [-0.1, -0.05) is 23.4 Å². The maximum absolute atomic E-state index is 14.2. The molecule has 24 heavy (non-hydrogen) atoms. The van der Waals surface area contributed by atoms with E-state index in [0.717, 1.165) is 17.8 Å². The Kier molecular flexibility index (Phi) is 4.72. The SMILES string of the molecule is CCOC(=O)c1cc(N=c2snc3n2CC(C)(C)S3)c(F)cc1Cl. The minimum atomic E-state index is -0.599. The van der Waals surface area contributed by atoms with Crippen LogP contribution in [0.4, 0.5) is 10.1 Å². The molecule has 1 aliphatic heterocycles. The number of rotatable bonds is 3. The van der Waals surface area contributed by atoms with E-state index in [1.165, 1.54) is 17.6 Å². The third-order valence-electron chi connectivity index (χ3n) is 3.32. The van der Waals surface area contributed by atoms with E-state index in [-0.39, 0.29) is 27.6 Å². The predicted octanol–water partition coefficient (Wildman–Crippen LogP) is 4.03. The van der Waals surface area contributed by atoms with E-state index in [4.69, 9.17) is 16.3 Å². The molecule has 0 N–H and O–H groups in total. The van der Waals surface area contributed by atoms with Crippen LogP contribution in [0.2, 0.25) is 5.02 Å². The normalized spacial score (nSPS) is 16.3. The first-order chi connectivity index (χ1) is 11.3. The van der Waals surface area contributed by atoms with Crippen molar-refractivity contribution in [2.75, 3.05) is 6.61 Å². The highest BCUT2D eigenvalue weighted by Crippen LogP contribution is 2.38. The number of carbonyl (C=O) groups excluding carboxylic acids is 1.